The van der Waals surface area contributed by atoms with E-state index in [9.17, 15) is 24.0 Å². The highest BCUT2D eigenvalue weighted by Gasteiger charge is 2.35. The third-order valence-electron chi connectivity index (χ3n) is 5.36. The largest absolute Gasteiger partial charge is 0.493 e. The number of hydrogen-bond acceptors (Lipinski definition) is 7. The molecule has 1 fully saturated rings. The number of nitrogens with one attached hydrogen (secondary N) is 1. The van der Waals surface area contributed by atoms with Gasteiger partial charge in [-0.25, -0.2) is 4.39 Å². The molecule has 1 aliphatic rings. The molecule has 1 saturated heterocycles. The Balaban J connectivity index is 1.47. The zero-order valence-corrected chi connectivity index (χ0v) is 22.3. The van der Waals surface area contributed by atoms with Gasteiger partial charge in [-0.3, -0.25) is 19.3 Å². The van der Waals surface area contributed by atoms with Crippen LogP contribution in [0.5, 0.6) is 11.5 Å². The molecule has 3 aromatic rings. The topological polar surface area (TPSA) is 109 Å². The van der Waals surface area contributed by atoms with Crippen LogP contribution in [0.1, 0.15) is 16.7 Å². The van der Waals surface area contributed by atoms with E-state index < -0.39 is 22.9 Å². The number of rotatable bonds is 8. The molecule has 0 radical (unpaired) electrons. The normalized spacial score (nSPS) is 13.9. The molecule has 11 heteroatoms. The summed E-state index contributed by atoms with van der Waals surface area (Å²) in [6, 6.07) is 17.4. The molecule has 0 unspecified atom stereocenters. The van der Waals surface area contributed by atoms with Crippen LogP contribution in [-0.4, -0.2) is 35.7 Å². The monoisotopic (exact) mass is 595 g/mol. The summed E-state index contributed by atoms with van der Waals surface area (Å²) < 4.78 is 24.6. The van der Waals surface area contributed by atoms with Crippen molar-refractivity contribution in [1.82, 2.24) is 4.90 Å². The lowest BCUT2D eigenvalue weighted by atomic mass is 10.1. The highest BCUT2D eigenvalue weighted by Crippen LogP contribution is 2.39. The van der Waals surface area contributed by atoms with Crippen molar-refractivity contribution in [3.63, 3.8) is 0 Å². The average molecular weight is 596 g/mol. The van der Waals surface area contributed by atoms with Gasteiger partial charge in [0.1, 0.15) is 5.82 Å². The standard InChI is InChI=1S/C27H19BrFN3O5S/c1-36-22-11-16(10-21(28)25(22)37-15-24(33)31-20-8-6-19(29)7-9-20)12-23-26(34)32(27(35)38-23)14-18-5-3-2-4-17(18)13-30/h2-12H,14-15H2,1H3,(H,31,33)/b23-12+. The quantitative estimate of drug-likeness (QED) is 0.331. The summed E-state index contributed by atoms with van der Waals surface area (Å²) in [6.45, 7) is -0.347. The fraction of sp³-hybridized carbons (Fsp3) is 0.111. The lowest BCUT2D eigenvalue weighted by Gasteiger charge is -2.14. The number of carbonyl (C=O) groups excluding carboxylic acids is 3. The number of halogens is 2. The van der Waals surface area contributed by atoms with Gasteiger partial charge in [-0.05, 0) is 87.4 Å². The van der Waals surface area contributed by atoms with E-state index in [1.807, 2.05) is 0 Å². The fourth-order valence-corrected chi connectivity index (χ4v) is 4.97. The number of thioether (sulfide) groups is 1. The Morgan fingerprint density at radius 1 is 1.18 bits per heavy atom. The number of benzene rings is 3. The van der Waals surface area contributed by atoms with Gasteiger partial charge in [-0.15, -0.1) is 0 Å². The molecule has 1 aliphatic heterocycles. The molecular weight excluding hydrogens is 577 g/mol. The minimum absolute atomic E-state index is 0.00841. The Kier molecular flexibility index (Phi) is 8.45. The predicted octanol–water partition coefficient (Wildman–Crippen LogP) is 5.72. The summed E-state index contributed by atoms with van der Waals surface area (Å²) in [7, 11) is 1.43. The summed E-state index contributed by atoms with van der Waals surface area (Å²) in [4.78, 5) is 39.1. The number of methoxy groups -OCH3 is 1. The molecular formula is C27H19BrFN3O5S. The molecule has 0 atom stereocenters. The van der Waals surface area contributed by atoms with Crippen molar-refractivity contribution >= 4 is 56.5 Å². The number of nitrogens with zero attached hydrogens (tertiary/aromatic N) is 2. The van der Waals surface area contributed by atoms with Crippen molar-refractivity contribution in [3.8, 4) is 17.6 Å². The van der Waals surface area contributed by atoms with E-state index in [1.54, 1.807) is 42.5 Å². The predicted molar refractivity (Wildman–Crippen MR) is 144 cm³/mol. The minimum atomic E-state index is -0.472. The molecule has 8 nitrogen and oxygen atoms in total. The Hall–Kier alpha value is -4.14. The molecule has 0 aromatic heterocycles. The number of ether oxygens (including phenoxy) is 2. The second kappa shape index (κ2) is 11.9. The van der Waals surface area contributed by atoms with Crippen LogP contribution in [0.4, 0.5) is 14.9 Å². The van der Waals surface area contributed by atoms with E-state index in [0.29, 0.717) is 32.6 Å². The van der Waals surface area contributed by atoms with Crippen molar-refractivity contribution < 1.29 is 28.2 Å². The number of hydrogen-bond donors (Lipinski definition) is 1. The molecule has 0 aliphatic carbocycles. The van der Waals surface area contributed by atoms with Crippen molar-refractivity contribution in [3.05, 3.63) is 92.5 Å². The van der Waals surface area contributed by atoms with Gasteiger partial charge in [0.25, 0.3) is 17.1 Å². The molecule has 0 spiro atoms. The molecule has 3 aromatic carbocycles. The lowest BCUT2D eigenvalue weighted by Crippen LogP contribution is -2.27. The number of nitriles is 1. The maximum Gasteiger partial charge on any atom is 0.293 e. The van der Waals surface area contributed by atoms with E-state index in [2.05, 4.69) is 27.3 Å². The number of amides is 3. The highest BCUT2D eigenvalue weighted by atomic mass is 79.9. The van der Waals surface area contributed by atoms with Crippen LogP contribution in [-0.2, 0) is 16.1 Å². The van der Waals surface area contributed by atoms with Crippen LogP contribution in [0.3, 0.4) is 0 Å². The summed E-state index contributed by atoms with van der Waals surface area (Å²) in [5.74, 6) is -0.786. The number of imide groups is 1. The third kappa shape index (κ3) is 6.22. The first-order valence-electron chi connectivity index (χ1n) is 11.1. The minimum Gasteiger partial charge on any atom is -0.493 e. The van der Waals surface area contributed by atoms with E-state index >= 15 is 0 Å². The van der Waals surface area contributed by atoms with Crippen LogP contribution < -0.4 is 14.8 Å². The van der Waals surface area contributed by atoms with Gasteiger partial charge in [-0.1, -0.05) is 18.2 Å². The van der Waals surface area contributed by atoms with Gasteiger partial charge >= 0.3 is 0 Å². The van der Waals surface area contributed by atoms with Crippen molar-refractivity contribution in [2.75, 3.05) is 19.0 Å². The second-order valence-corrected chi connectivity index (χ2v) is 9.76. The molecule has 38 heavy (non-hydrogen) atoms. The SMILES string of the molecule is COc1cc(/C=C2/SC(=O)N(Cc3ccccc3C#N)C2=O)cc(Br)c1OCC(=O)Nc1ccc(F)cc1. The molecule has 192 valence electrons. The first kappa shape index (κ1) is 26.9. The molecule has 1 heterocycles. The zero-order chi connectivity index (χ0) is 27.2. The summed E-state index contributed by atoms with van der Waals surface area (Å²) in [6.07, 6.45) is 1.55. The van der Waals surface area contributed by atoms with E-state index in [1.165, 1.54) is 31.4 Å². The van der Waals surface area contributed by atoms with E-state index in [4.69, 9.17) is 9.47 Å². The van der Waals surface area contributed by atoms with Crippen LogP contribution in [0.15, 0.2) is 70.0 Å². The van der Waals surface area contributed by atoms with Gasteiger partial charge in [0.2, 0.25) is 0 Å². The Morgan fingerprint density at radius 2 is 1.92 bits per heavy atom. The van der Waals surface area contributed by atoms with Crippen molar-refractivity contribution in [2.24, 2.45) is 0 Å². The summed E-state index contributed by atoms with van der Waals surface area (Å²) >= 11 is 4.21. The zero-order valence-electron chi connectivity index (χ0n) is 19.9. The molecule has 0 bridgehead atoms. The first-order chi connectivity index (χ1) is 18.3. The fourth-order valence-electron chi connectivity index (χ4n) is 3.56. The van der Waals surface area contributed by atoms with Crippen LogP contribution >= 0.6 is 27.7 Å². The van der Waals surface area contributed by atoms with Gasteiger partial charge in [-0.2, -0.15) is 5.26 Å². The second-order valence-electron chi connectivity index (χ2n) is 7.91. The first-order valence-corrected chi connectivity index (χ1v) is 12.7. The van der Waals surface area contributed by atoms with E-state index in [-0.39, 0.29) is 23.8 Å². The van der Waals surface area contributed by atoms with Gasteiger partial charge in [0.15, 0.2) is 18.1 Å². The smallest absolute Gasteiger partial charge is 0.293 e. The molecule has 4 rings (SSSR count). The van der Waals surface area contributed by atoms with Crippen LogP contribution in [0.25, 0.3) is 6.08 Å². The number of anilines is 1. The average Bonchev–Trinajstić information content (AvgIpc) is 3.16. The van der Waals surface area contributed by atoms with Gasteiger partial charge in [0.05, 0.1) is 34.7 Å². The summed E-state index contributed by atoms with van der Waals surface area (Å²) in [5, 5.41) is 11.5. The maximum atomic E-state index is 13.0. The Labute approximate surface area is 230 Å². The number of carbonyl (C=O) groups is 3. The van der Waals surface area contributed by atoms with Crippen LogP contribution in [0, 0.1) is 17.1 Å². The Morgan fingerprint density at radius 3 is 2.63 bits per heavy atom. The Bertz CT molecular complexity index is 1490. The summed E-state index contributed by atoms with van der Waals surface area (Å²) in [5.41, 5.74) is 1.95. The maximum absolute atomic E-state index is 13.0. The van der Waals surface area contributed by atoms with Crippen molar-refractivity contribution in [2.45, 2.75) is 6.54 Å². The van der Waals surface area contributed by atoms with Gasteiger partial charge < -0.3 is 14.8 Å². The van der Waals surface area contributed by atoms with Crippen molar-refractivity contribution in [1.29, 1.82) is 5.26 Å². The van der Waals surface area contributed by atoms with Crippen LogP contribution in [0.2, 0.25) is 0 Å². The third-order valence-corrected chi connectivity index (χ3v) is 6.86. The van der Waals surface area contributed by atoms with Gasteiger partial charge in [0, 0.05) is 5.69 Å². The van der Waals surface area contributed by atoms with E-state index in [0.717, 1.165) is 16.7 Å². The molecule has 1 N–H and O–H groups in total. The highest BCUT2D eigenvalue weighted by molar-refractivity contribution is 9.10. The molecule has 3 amide bonds. The lowest BCUT2D eigenvalue weighted by molar-refractivity contribution is -0.123. The molecule has 0 saturated carbocycles.